The Labute approximate surface area is 327 Å². The number of rotatable bonds is 36. The van der Waals surface area contributed by atoms with Crippen LogP contribution in [0.4, 0.5) is 0 Å². The summed E-state index contributed by atoms with van der Waals surface area (Å²) in [6.45, 7) is 3.76. The maximum absolute atomic E-state index is 12.8. The number of aliphatic hydroxyl groups is 3. The van der Waals surface area contributed by atoms with Crippen LogP contribution in [0.3, 0.4) is 0 Å². The van der Waals surface area contributed by atoms with Crippen LogP contribution >= 0.6 is 0 Å². The molecule has 0 aromatic carbocycles. The van der Waals surface area contributed by atoms with E-state index in [2.05, 4.69) is 13.8 Å². The van der Waals surface area contributed by atoms with Gasteiger partial charge in [-0.15, -0.1) is 0 Å². The Morgan fingerprint density at radius 3 is 1.35 bits per heavy atom. The summed E-state index contributed by atoms with van der Waals surface area (Å²) in [5.74, 6) is -1.97. The molecular weight excluding hydrogens is 717 g/mol. The van der Waals surface area contributed by atoms with Gasteiger partial charge in [0.1, 0.15) is 36.8 Å². The smallest absolute Gasteiger partial charge is 0.306 e. The van der Waals surface area contributed by atoms with Gasteiger partial charge in [0.25, 0.3) is 10.1 Å². The first-order chi connectivity index (χ1) is 26.0. The molecule has 0 aromatic rings. The van der Waals surface area contributed by atoms with Crippen molar-refractivity contribution in [2.75, 3.05) is 19.0 Å². The van der Waals surface area contributed by atoms with Gasteiger partial charge in [0, 0.05) is 12.8 Å². The largest absolute Gasteiger partial charge is 0.462 e. The number of carbonyl (C=O) groups is 2. The second-order valence-electron chi connectivity index (χ2n) is 15.4. The molecular formula is C41H78O12S. The van der Waals surface area contributed by atoms with E-state index >= 15 is 0 Å². The van der Waals surface area contributed by atoms with E-state index in [9.17, 15) is 37.9 Å². The molecule has 0 saturated carbocycles. The Bertz CT molecular complexity index is 1030. The highest BCUT2D eigenvalue weighted by Crippen LogP contribution is 2.24. The summed E-state index contributed by atoms with van der Waals surface area (Å²) >= 11 is 0. The van der Waals surface area contributed by atoms with Crippen LogP contribution in [0.2, 0.25) is 0 Å². The summed E-state index contributed by atoms with van der Waals surface area (Å²) < 4.78 is 53.9. The fraction of sp³-hybridized carbons (Fsp3) is 0.951. The predicted molar refractivity (Wildman–Crippen MR) is 211 cm³/mol. The van der Waals surface area contributed by atoms with E-state index in [4.69, 9.17) is 18.9 Å². The molecule has 0 spiro atoms. The zero-order valence-electron chi connectivity index (χ0n) is 33.8. The number of hydrogen-bond acceptors (Lipinski definition) is 11. The number of esters is 2. The normalized spacial score (nSPS) is 20.9. The Hall–Kier alpha value is -1.35. The molecule has 0 bridgehead atoms. The Kier molecular flexibility index (Phi) is 30.7. The molecule has 0 radical (unpaired) electrons. The maximum atomic E-state index is 12.8. The lowest BCUT2D eigenvalue weighted by Crippen LogP contribution is -2.60. The van der Waals surface area contributed by atoms with Gasteiger partial charge in [-0.2, -0.15) is 8.42 Å². The van der Waals surface area contributed by atoms with Crippen molar-refractivity contribution in [3.05, 3.63) is 0 Å². The summed E-state index contributed by atoms with van der Waals surface area (Å²) in [5, 5.41) is 30.8. The van der Waals surface area contributed by atoms with Gasteiger partial charge in [-0.05, 0) is 12.8 Å². The van der Waals surface area contributed by atoms with E-state index in [1.165, 1.54) is 116 Å². The highest BCUT2D eigenvalue weighted by molar-refractivity contribution is 7.85. The summed E-state index contributed by atoms with van der Waals surface area (Å²) in [6, 6.07) is 0. The van der Waals surface area contributed by atoms with Crippen LogP contribution in [-0.4, -0.2) is 96.0 Å². The molecule has 0 amide bonds. The average Bonchev–Trinajstić information content (AvgIpc) is 3.13. The average molecular weight is 795 g/mol. The van der Waals surface area contributed by atoms with Crippen LogP contribution in [0.1, 0.15) is 194 Å². The lowest BCUT2D eigenvalue weighted by Gasteiger charge is -2.40. The molecule has 1 rings (SSSR count). The van der Waals surface area contributed by atoms with Crippen molar-refractivity contribution in [2.24, 2.45) is 0 Å². The number of ether oxygens (including phenoxy) is 4. The lowest BCUT2D eigenvalue weighted by atomic mass is 10.00. The summed E-state index contributed by atoms with van der Waals surface area (Å²) in [6.07, 6.45) is 21.5. The van der Waals surface area contributed by atoms with Crippen molar-refractivity contribution in [3.63, 3.8) is 0 Å². The third-order valence-corrected chi connectivity index (χ3v) is 10.9. The summed E-state index contributed by atoms with van der Waals surface area (Å²) in [5.41, 5.74) is 0. The molecule has 1 aliphatic rings. The minimum Gasteiger partial charge on any atom is -0.462 e. The van der Waals surface area contributed by atoms with Gasteiger partial charge < -0.3 is 34.3 Å². The molecule has 54 heavy (non-hydrogen) atoms. The van der Waals surface area contributed by atoms with Crippen molar-refractivity contribution in [1.82, 2.24) is 0 Å². The predicted octanol–water partition coefficient (Wildman–Crippen LogP) is 8.12. The van der Waals surface area contributed by atoms with Crippen molar-refractivity contribution < 1.29 is 56.8 Å². The van der Waals surface area contributed by atoms with Crippen molar-refractivity contribution in [2.45, 2.75) is 230 Å². The minimum atomic E-state index is -4.59. The minimum absolute atomic E-state index is 0.172. The van der Waals surface area contributed by atoms with Gasteiger partial charge in [0.05, 0.1) is 6.61 Å². The van der Waals surface area contributed by atoms with Gasteiger partial charge in [-0.25, -0.2) is 0 Å². The van der Waals surface area contributed by atoms with Gasteiger partial charge in [0.2, 0.25) is 0 Å². The fourth-order valence-corrected chi connectivity index (χ4v) is 7.49. The van der Waals surface area contributed by atoms with Crippen LogP contribution in [-0.2, 0) is 38.7 Å². The number of aliphatic hydroxyl groups excluding tert-OH is 3. The quantitative estimate of drug-likeness (QED) is 0.0272. The molecule has 4 N–H and O–H groups in total. The zero-order valence-corrected chi connectivity index (χ0v) is 34.7. The molecule has 13 heteroatoms. The van der Waals surface area contributed by atoms with Crippen LogP contribution in [0.5, 0.6) is 0 Å². The van der Waals surface area contributed by atoms with Gasteiger partial charge >= 0.3 is 11.9 Å². The second-order valence-corrected chi connectivity index (χ2v) is 16.9. The van der Waals surface area contributed by atoms with Crippen LogP contribution < -0.4 is 0 Å². The van der Waals surface area contributed by atoms with E-state index < -0.39 is 71.2 Å². The Balaban J connectivity index is 2.46. The van der Waals surface area contributed by atoms with Crippen LogP contribution in [0.25, 0.3) is 0 Å². The first kappa shape index (κ1) is 50.7. The first-order valence-corrected chi connectivity index (χ1v) is 23.2. The molecule has 1 heterocycles. The molecule has 1 unspecified atom stereocenters. The Morgan fingerprint density at radius 2 is 0.944 bits per heavy atom. The third-order valence-electron chi connectivity index (χ3n) is 10.2. The van der Waals surface area contributed by atoms with Crippen LogP contribution in [0.15, 0.2) is 0 Å². The molecule has 0 aliphatic carbocycles. The molecule has 320 valence electrons. The van der Waals surface area contributed by atoms with Gasteiger partial charge in [-0.1, -0.05) is 168 Å². The van der Waals surface area contributed by atoms with E-state index in [0.717, 1.165) is 38.5 Å². The highest BCUT2D eigenvalue weighted by Gasteiger charge is 2.46. The molecule has 12 nitrogen and oxygen atoms in total. The SMILES string of the molecule is CCCCCCCCCCCCCCCC(=O)OCC(CO[C@H]1O[C@H](CS(=O)(=O)O)[C@@H](O)[C@H](O)[C@@H]1O)OC(=O)CCCCCCCCCCCCCCC. The first-order valence-electron chi connectivity index (χ1n) is 21.6. The van der Waals surface area contributed by atoms with E-state index in [1.807, 2.05) is 0 Å². The van der Waals surface area contributed by atoms with Gasteiger partial charge in [-0.3, -0.25) is 14.1 Å². The molecule has 1 aliphatic heterocycles. The highest BCUT2D eigenvalue weighted by atomic mass is 32.2. The van der Waals surface area contributed by atoms with E-state index in [1.54, 1.807) is 0 Å². The van der Waals surface area contributed by atoms with Crippen molar-refractivity contribution in [3.8, 4) is 0 Å². The third kappa shape index (κ3) is 27.3. The standard InChI is InChI=1S/C41H78O12S/c1-3-5-7-9-11-13-15-17-19-21-23-25-27-29-36(42)50-31-34(32-51-41-40(46)39(45)38(44)35(53-41)33-54(47,48)49)52-37(43)30-28-26-24-22-20-18-16-14-12-10-8-6-4-2/h34-35,38-41,44-46H,3-33H2,1-2H3,(H,47,48,49)/t34?,35-,38-,39+,40+,41+/m1/s1. The Morgan fingerprint density at radius 1 is 0.556 bits per heavy atom. The summed E-state index contributed by atoms with van der Waals surface area (Å²) in [4.78, 5) is 25.3. The van der Waals surface area contributed by atoms with E-state index in [-0.39, 0.29) is 19.4 Å². The molecule has 1 fully saturated rings. The molecule has 6 atom stereocenters. The van der Waals surface area contributed by atoms with Crippen molar-refractivity contribution in [1.29, 1.82) is 0 Å². The number of carbonyl (C=O) groups excluding carboxylic acids is 2. The fourth-order valence-electron chi connectivity index (χ4n) is 6.79. The van der Waals surface area contributed by atoms with Crippen molar-refractivity contribution >= 4 is 22.1 Å². The number of unbranched alkanes of at least 4 members (excludes halogenated alkanes) is 24. The molecule has 1 saturated heterocycles. The monoisotopic (exact) mass is 795 g/mol. The van der Waals surface area contributed by atoms with Crippen LogP contribution in [0, 0.1) is 0 Å². The lowest BCUT2D eigenvalue weighted by molar-refractivity contribution is -0.297. The number of hydrogen-bond donors (Lipinski definition) is 4. The topological polar surface area (TPSA) is 186 Å². The summed E-state index contributed by atoms with van der Waals surface area (Å²) in [7, 11) is -4.59. The zero-order chi connectivity index (χ0) is 39.9. The second kappa shape index (κ2) is 32.7. The van der Waals surface area contributed by atoms with Gasteiger partial charge in [0.15, 0.2) is 12.4 Å². The van der Waals surface area contributed by atoms with E-state index in [0.29, 0.717) is 12.8 Å². The molecule has 0 aromatic heterocycles. The maximum Gasteiger partial charge on any atom is 0.306 e.